The van der Waals surface area contributed by atoms with Gasteiger partial charge in [0.25, 0.3) is 0 Å². The van der Waals surface area contributed by atoms with E-state index in [4.69, 9.17) is 0 Å². The summed E-state index contributed by atoms with van der Waals surface area (Å²) in [5.74, 6) is -0.143. The van der Waals surface area contributed by atoms with Gasteiger partial charge in [0.05, 0.1) is 6.54 Å². The van der Waals surface area contributed by atoms with Crippen LogP contribution in [0.2, 0.25) is 0 Å². The van der Waals surface area contributed by atoms with E-state index < -0.39 is 0 Å². The van der Waals surface area contributed by atoms with Crippen LogP contribution >= 0.6 is 0 Å². The minimum Gasteiger partial charge on any atom is -0.495 e. The summed E-state index contributed by atoms with van der Waals surface area (Å²) in [4.78, 5) is 15.6. The molecule has 1 aromatic carbocycles. The molecule has 0 spiro atoms. The molecular weight excluding hydrogens is 266 g/mol. The number of carbonyl (C=O) groups excluding carboxylic acids is 1. The van der Waals surface area contributed by atoms with Crippen molar-refractivity contribution in [3.63, 3.8) is 0 Å². The Bertz CT molecular complexity index is 471. The van der Waals surface area contributed by atoms with E-state index in [9.17, 15) is 9.90 Å². The number of aliphatic hydroxyl groups excluding tert-OH is 1. The summed E-state index contributed by atoms with van der Waals surface area (Å²) in [5, 5.41) is 12.3. The third-order valence-corrected chi connectivity index (χ3v) is 3.29. The van der Waals surface area contributed by atoms with E-state index in [-0.39, 0.29) is 18.3 Å². The zero-order chi connectivity index (χ0) is 15.8. The second-order valence-electron chi connectivity index (χ2n) is 5.18. The largest absolute Gasteiger partial charge is 0.495 e. The molecule has 0 heterocycles. The van der Waals surface area contributed by atoms with Crippen LogP contribution < -0.4 is 5.32 Å². The highest BCUT2D eigenvalue weighted by atomic mass is 16.3. The molecule has 0 saturated carbocycles. The summed E-state index contributed by atoms with van der Waals surface area (Å²) in [6.07, 6.45) is 0. The Balaban J connectivity index is 2.72. The average molecular weight is 291 g/mol. The number of hydrogen-bond donors (Lipinski definition) is 2. The summed E-state index contributed by atoms with van der Waals surface area (Å²) < 4.78 is 0. The molecule has 0 aliphatic heterocycles. The van der Waals surface area contributed by atoms with Crippen LogP contribution in [-0.2, 0) is 11.3 Å². The van der Waals surface area contributed by atoms with E-state index in [0.29, 0.717) is 13.1 Å². The lowest BCUT2D eigenvalue weighted by Crippen LogP contribution is -2.41. The number of nitrogens with zero attached hydrogens (tertiary/aromatic N) is 2. The molecule has 5 nitrogen and oxygen atoms in total. The molecule has 0 radical (unpaired) electrons. The highest BCUT2D eigenvalue weighted by Crippen LogP contribution is 2.08. The normalized spacial score (nSPS) is 10.2. The zero-order valence-corrected chi connectivity index (χ0v) is 13.1. The summed E-state index contributed by atoms with van der Waals surface area (Å²) in [6, 6.07) is 8.14. The standard InChI is InChI=1S/C16H25N3O2/c1-13-5-7-15(8-6-13)11-19(10-9-17-3)16(21)12-18(4)14(2)20/h5-8,17,20H,2,9-12H2,1,3-4H3. The van der Waals surface area contributed by atoms with Crippen molar-refractivity contribution in [2.75, 3.05) is 33.7 Å². The van der Waals surface area contributed by atoms with E-state index in [1.807, 2.05) is 38.2 Å². The van der Waals surface area contributed by atoms with Crippen LogP contribution in [0.4, 0.5) is 0 Å². The molecule has 0 bridgehead atoms. The van der Waals surface area contributed by atoms with E-state index >= 15 is 0 Å². The lowest BCUT2D eigenvalue weighted by atomic mass is 10.1. The van der Waals surface area contributed by atoms with Gasteiger partial charge in [-0.1, -0.05) is 29.8 Å². The summed E-state index contributed by atoms with van der Waals surface area (Å²) in [6.45, 7) is 7.48. The molecule has 21 heavy (non-hydrogen) atoms. The SMILES string of the molecule is C=C(O)N(C)CC(=O)N(CCNC)Cc1ccc(C)cc1. The van der Waals surface area contributed by atoms with Gasteiger partial charge in [-0.25, -0.2) is 0 Å². The molecular formula is C16H25N3O2. The minimum atomic E-state index is -0.104. The molecule has 116 valence electrons. The number of benzene rings is 1. The smallest absolute Gasteiger partial charge is 0.242 e. The van der Waals surface area contributed by atoms with Gasteiger partial charge in [0.15, 0.2) is 5.88 Å². The number of hydrogen-bond acceptors (Lipinski definition) is 4. The van der Waals surface area contributed by atoms with Gasteiger partial charge < -0.3 is 20.2 Å². The van der Waals surface area contributed by atoms with E-state index in [1.165, 1.54) is 10.5 Å². The van der Waals surface area contributed by atoms with Gasteiger partial charge in [-0.2, -0.15) is 0 Å². The Morgan fingerprint density at radius 3 is 2.48 bits per heavy atom. The first kappa shape index (κ1) is 17.0. The number of nitrogens with one attached hydrogen (secondary N) is 1. The molecule has 0 aliphatic rings. The first-order valence-electron chi connectivity index (χ1n) is 7.01. The number of amides is 1. The molecule has 5 heteroatoms. The van der Waals surface area contributed by atoms with Crippen LogP contribution in [0.3, 0.4) is 0 Å². The second kappa shape index (κ2) is 8.32. The quantitative estimate of drug-likeness (QED) is 0.713. The topological polar surface area (TPSA) is 55.8 Å². The Morgan fingerprint density at radius 1 is 1.33 bits per heavy atom. The third kappa shape index (κ3) is 5.87. The maximum Gasteiger partial charge on any atom is 0.242 e. The van der Waals surface area contributed by atoms with Crippen LogP contribution in [0.15, 0.2) is 36.7 Å². The fraction of sp³-hybridized carbons (Fsp3) is 0.438. The van der Waals surface area contributed by atoms with Crippen molar-refractivity contribution >= 4 is 5.91 Å². The van der Waals surface area contributed by atoms with Crippen molar-refractivity contribution in [3.8, 4) is 0 Å². The van der Waals surface area contributed by atoms with Crippen LogP contribution in [0.5, 0.6) is 0 Å². The van der Waals surface area contributed by atoms with E-state index in [1.54, 1.807) is 11.9 Å². The summed E-state index contributed by atoms with van der Waals surface area (Å²) >= 11 is 0. The molecule has 1 rings (SSSR count). The summed E-state index contributed by atoms with van der Waals surface area (Å²) in [7, 11) is 3.50. The molecule has 0 saturated heterocycles. The van der Waals surface area contributed by atoms with Gasteiger partial charge in [0.1, 0.15) is 0 Å². The van der Waals surface area contributed by atoms with Gasteiger partial charge in [-0.15, -0.1) is 0 Å². The first-order chi connectivity index (χ1) is 9.93. The highest BCUT2D eigenvalue weighted by Gasteiger charge is 2.16. The monoisotopic (exact) mass is 291 g/mol. The van der Waals surface area contributed by atoms with Crippen molar-refractivity contribution in [1.29, 1.82) is 0 Å². The van der Waals surface area contributed by atoms with Crippen molar-refractivity contribution in [1.82, 2.24) is 15.1 Å². The van der Waals surface area contributed by atoms with Crippen molar-refractivity contribution in [3.05, 3.63) is 47.9 Å². The molecule has 0 fully saturated rings. The van der Waals surface area contributed by atoms with Crippen LogP contribution in [0.25, 0.3) is 0 Å². The van der Waals surface area contributed by atoms with Gasteiger partial charge in [0, 0.05) is 26.7 Å². The number of aliphatic hydroxyl groups is 1. The fourth-order valence-electron chi connectivity index (χ4n) is 1.85. The van der Waals surface area contributed by atoms with Gasteiger partial charge >= 0.3 is 0 Å². The second-order valence-corrected chi connectivity index (χ2v) is 5.18. The number of carbonyl (C=O) groups is 1. The molecule has 1 aromatic rings. The Hall–Kier alpha value is -2.01. The first-order valence-corrected chi connectivity index (χ1v) is 7.01. The number of likely N-dealkylation sites (N-methyl/N-ethyl adjacent to an activating group) is 2. The van der Waals surface area contributed by atoms with Crippen molar-refractivity contribution in [2.45, 2.75) is 13.5 Å². The molecule has 0 unspecified atom stereocenters. The van der Waals surface area contributed by atoms with Gasteiger partial charge in [-0.05, 0) is 26.1 Å². The molecule has 0 aromatic heterocycles. The van der Waals surface area contributed by atoms with Crippen molar-refractivity contribution in [2.24, 2.45) is 0 Å². The van der Waals surface area contributed by atoms with Crippen LogP contribution in [0, 0.1) is 6.92 Å². The third-order valence-electron chi connectivity index (χ3n) is 3.29. The predicted octanol–water partition coefficient (Wildman–Crippen LogP) is 1.50. The highest BCUT2D eigenvalue weighted by molar-refractivity contribution is 5.78. The predicted molar refractivity (Wildman–Crippen MR) is 84.9 cm³/mol. The molecule has 1 amide bonds. The molecule has 2 N–H and O–H groups in total. The van der Waals surface area contributed by atoms with Crippen LogP contribution in [0.1, 0.15) is 11.1 Å². The number of aryl methyl sites for hydroxylation is 1. The van der Waals surface area contributed by atoms with Crippen molar-refractivity contribution < 1.29 is 9.90 Å². The zero-order valence-electron chi connectivity index (χ0n) is 13.1. The van der Waals surface area contributed by atoms with E-state index in [0.717, 1.165) is 12.1 Å². The van der Waals surface area contributed by atoms with Gasteiger partial charge in [-0.3, -0.25) is 4.79 Å². The Kier molecular flexibility index (Phi) is 6.75. The lowest BCUT2D eigenvalue weighted by Gasteiger charge is -2.26. The minimum absolute atomic E-state index is 0.0384. The summed E-state index contributed by atoms with van der Waals surface area (Å²) in [5.41, 5.74) is 2.29. The Morgan fingerprint density at radius 2 is 1.95 bits per heavy atom. The lowest BCUT2D eigenvalue weighted by molar-refractivity contribution is -0.132. The Labute approximate surface area is 126 Å². The molecule has 0 aliphatic carbocycles. The average Bonchev–Trinajstić information content (AvgIpc) is 2.45. The fourth-order valence-corrected chi connectivity index (χ4v) is 1.85. The van der Waals surface area contributed by atoms with Gasteiger partial charge in [0.2, 0.25) is 5.91 Å². The molecule has 0 atom stereocenters. The maximum absolute atomic E-state index is 12.3. The maximum atomic E-state index is 12.3. The van der Waals surface area contributed by atoms with Crippen LogP contribution in [-0.4, -0.2) is 54.5 Å². The van der Waals surface area contributed by atoms with E-state index in [2.05, 4.69) is 11.9 Å². The number of rotatable bonds is 8.